The zero-order valence-corrected chi connectivity index (χ0v) is 20.0. The highest BCUT2D eigenvalue weighted by Gasteiger charge is 2.16. The van der Waals surface area contributed by atoms with Crippen molar-refractivity contribution in [3.05, 3.63) is 82.9 Å². The molecule has 0 fully saturated rings. The Kier molecular flexibility index (Phi) is 6.19. The van der Waals surface area contributed by atoms with Crippen molar-refractivity contribution in [2.24, 2.45) is 0 Å². The molecule has 1 aliphatic carbocycles. The maximum absolute atomic E-state index is 6.41. The summed E-state index contributed by atoms with van der Waals surface area (Å²) in [5.74, 6) is 0. The fraction of sp³-hybridized carbons (Fsp3) is 0.226. The molecule has 0 radical (unpaired) electrons. The molecule has 1 nitrogen and oxygen atoms in total. The predicted octanol–water partition coefficient (Wildman–Crippen LogP) is 9.99. The van der Waals surface area contributed by atoms with Crippen molar-refractivity contribution in [2.75, 3.05) is 0 Å². The Morgan fingerprint density at radius 1 is 0.625 bits per heavy atom. The van der Waals surface area contributed by atoms with Gasteiger partial charge in [0.05, 0.1) is 0 Å². The van der Waals surface area contributed by atoms with Crippen LogP contribution in [0.15, 0.2) is 65.1 Å². The summed E-state index contributed by atoms with van der Waals surface area (Å²) in [4.78, 5) is 0. The Morgan fingerprint density at radius 3 is 1.94 bits per heavy atom. The zero-order valence-electron chi connectivity index (χ0n) is 20.0. The summed E-state index contributed by atoms with van der Waals surface area (Å²) in [6, 6.07) is 17.4. The molecule has 1 heterocycles. The first-order valence-corrected chi connectivity index (χ1v) is 11.9. The van der Waals surface area contributed by atoms with E-state index in [1.807, 2.05) is 27.7 Å². The Bertz CT molecular complexity index is 1490. The number of benzene rings is 4. The van der Waals surface area contributed by atoms with Gasteiger partial charge in [-0.15, -0.1) is 0 Å². The van der Waals surface area contributed by atoms with E-state index in [0.29, 0.717) is 0 Å². The molecule has 1 aliphatic rings. The molecule has 162 valence electrons. The van der Waals surface area contributed by atoms with Crippen LogP contribution in [0.2, 0.25) is 0 Å². The van der Waals surface area contributed by atoms with Gasteiger partial charge < -0.3 is 4.42 Å². The lowest BCUT2D eigenvalue weighted by molar-refractivity contribution is 0.673. The molecule has 5 aromatic rings. The van der Waals surface area contributed by atoms with E-state index in [0.717, 1.165) is 17.6 Å². The average Bonchev–Trinajstić information content (AvgIpc) is 3.03. The number of hydrogen-bond donors (Lipinski definition) is 0. The van der Waals surface area contributed by atoms with Crippen molar-refractivity contribution < 1.29 is 4.42 Å². The predicted molar refractivity (Wildman–Crippen MR) is 144 cm³/mol. The minimum absolute atomic E-state index is 0.967. The average molecular weight is 421 g/mol. The minimum atomic E-state index is 0.967. The highest BCUT2D eigenvalue weighted by Crippen LogP contribution is 2.40. The van der Waals surface area contributed by atoms with Gasteiger partial charge in [-0.2, -0.15) is 0 Å². The van der Waals surface area contributed by atoms with Crippen LogP contribution < -0.4 is 0 Å². The summed E-state index contributed by atoms with van der Waals surface area (Å²) in [7, 11) is 0. The third kappa shape index (κ3) is 3.33. The SMILES string of the molecule is CC.CC.Cc1c2c(c(C)c3cc4c(cc13)oc1c3ccccc3ccc41)C=CCC=C2. The van der Waals surface area contributed by atoms with Crippen LogP contribution in [0, 0.1) is 13.8 Å². The van der Waals surface area contributed by atoms with Gasteiger partial charge in [-0.05, 0) is 76.9 Å². The highest BCUT2D eigenvalue weighted by atomic mass is 16.3. The van der Waals surface area contributed by atoms with Crippen LogP contribution in [0.4, 0.5) is 0 Å². The first kappa shape index (κ1) is 21.9. The summed E-state index contributed by atoms with van der Waals surface area (Å²) < 4.78 is 6.41. The van der Waals surface area contributed by atoms with Gasteiger partial charge in [-0.25, -0.2) is 0 Å². The summed E-state index contributed by atoms with van der Waals surface area (Å²) in [5, 5.41) is 7.39. The number of fused-ring (bicyclic) bond motifs is 7. The van der Waals surface area contributed by atoms with E-state index in [9.17, 15) is 0 Å². The molecule has 32 heavy (non-hydrogen) atoms. The van der Waals surface area contributed by atoms with Crippen LogP contribution in [-0.4, -0.2) is 0 Å². The summed E-state index contributed by atoms with van der Waals surface area (Å²) >= 11 is 0. The monoisotopic (exact) mass is 420 g/mol. The Hall–Kier alpha value is -3.32. The molecular formula is C31H32O. The largest absolute Gasteiger partial charge is 0.455 e. The molecule has 0 spiro atoms. The lowest BCUT2D eigenvalue weighted by Gasteiger charge is -2.14. The second-order valence-electron chi connectivity index (χ2n) is 7.78. The standard InChI is InChI=1S/C27H20O.2C2H6/c1-16-19-9-4-3-5-10-20(19)17(2)24-15-26-25(14-23(16)24)22-13-12-18-8-6-7-11-21(18)27(22)28-26;2*1-2/h4-15H,3H2,1-2H3;2*1-2H3. The lowest BCUT2D eigenvalue weighted by atomic mass is 9.89. The summed E-state index contributed by atoms with van der Waals surface area (Å²) in [5.41, 5.74) is 7.30. The third-order valence-electron chi connectivity index (χ3n) is 6.25. The fourth-order valence-corrected chi connectivity index (χ4v) is 4.74. The van der Waals surface area contributed by atoms with E-state index in [4.69, 9.17) is 4.42 Å². The molecule has 4 aromatic carbocycles. The second-order valence-corrected chi connectivity index (χ2v) is 7.78. The topological polar surface area (TPSA) is 13.1 Å². The van der Waals surface area contributed by atoms with Gasteiger partial charge >= 0.3 is 0 Å². The molecule has 0 bridgehead atoms. The molecule has 0 N–H and O–H groups in total. The van der Waals surface area contributed by atoms with E-state index >= 15 is 0 Å². The molecule has 1 heteroatoms. The van der Waals surface area contributed by atoms with Crippen LogP contribution in [0.5, 0.6) is 0 Å². The van der Waals surface area contributed by atoms with Gasteiger partial charge in [0.15, 0.2) is 0 Å². The minimum Gasteiger partial charge on any atom is -0.455 e. The van der Waals surface area contributed by atoms with E-state index in [-0.39, 0.29) is 0 Å². The Labute approximate surface area is 191 Å². The molecule has 0 atom stereocenters. The molecule has 6 rings (SSSR count). The van der Waals surface area contributed by atoms with Gasteiger partial charge in [0.25, 0.3) is 0 Å². The molecule has 0 saturated heterocycles. The summed E-state index contributed by atoms with van der Waals surface area (Å²) in [6.07, 6.45) is 10.0. The highest BCUT2D eigenvalue weighted by molar-refractivity contribution is 6.18. The van der Waals surface area contributed by atoms with Crippen LogP contribution >= 0.6 is 0 Å². The van der Waals surface area contributed by atoms with Crippen molar-refractivity contribution in [3.63, 3.8) is 0 Å². The van der Waals surface area contributed by atoms with Gasteiger partial charge in [-0.1, -0.05) is 82.3 Å². The van der Waals surface area contributed by atoms with Gasteiger partial charge in [-0.3, -0.25) is 0 Å². The maximum Gasteiger partial charge on any atom is 0.143 e. The zero-order chi connectivity index (χ0) is 22.8. The summed E-state index contributed by atoms with van der Waals surface area (Å²) in [6.45, 7) is 12.5. The van der Waals surface area contributed by atoms with Crippen molar-refractivity contribution >= 4 is 55.6 Å². The number of aryl methyl sites for hydroxylation is 2. The van der Waals surface area contributed by atoms with Crippen LogP contribution in [0.25, 0.3) is 55.6 Å². The molecule has 0 aliphatic heterocycles. The molecule has 1 aromatic heterocycles. The van der Waals surface area contributed by atoms with E-state index < -0.39 is 0 Å². The first-order chi connectivity index (χ1) is 15.7. The Morgan fingerprint density at radius 2 is 1.25 bits per heavy atom. The van der Waals surface area contributed by atoms with Crippen LogP contribution in [-0.2, 0) is 0 Å². The van der Waals surface area contributed by atoms with Crippen molar-refractivity contribution in [1.82, 2.24) is 0 Å². The molecule has 0 saturated carbocycles. The first-order valence-electron chi connectivity index (χ1n) is 11.9. The smallest absolute Gasteiger partial charge is 0.143 e. The Balaban J connectivity index is 0.000000582. The van der Waals surface area contributed by atoms with Crippen molar-refractivity contribution in [1.29, 1.82) is 0 Å². The molecular weight excluding hydrogens is 388 g/mol. The second kappa shape index (κ2) is 9.04. The number of rotatable bonds is 0. The quantitative estimate of drug-likeness (QED) is 0.243. The maximum atomic E-state index is 6.41. The van der Waals surface area contributed by atoms with E-state index in [1.54, 1.807) is 0 Å². The van der Waals surface area contributed by atoms with Crippen molar-refractivity contribution in [2.45, 2.75) is 48.0 Å². The van der Waals surface area contributed by atoms with E-state index in [2.05, 4.69) is 86.7 Å². The number of allylic oxidation sites excluding steroid dienone is 2. The van der Waals surface area contributed by atoms with Gasteiger partial charge in [0.2, 0.25) is 0 Å². The number of furan rings is 1. The number of hydrogen-bond acceptors (Lipinski definition) is 1. The normalized spacial score (nSPS) is 12.3. The van der Waals surface area contributed by atoms with Gasteiger partial charge in [0.1, 0.15) is 11.2 Å². The lowest BCUT2D eigenvalue weighted by Crippen LogP contribution is -1.94. The third-order valence-corrected chi connectivity index (χ3v) is 6.25. The van der Waals surface area contributed by atoms with Crippen LogP contribution in [0.1, 0.15) is 56.4 Å². The molecule has 0 amide bonds. The van der Waals surface area contributed by atoms with E-state index in [1.165, 1.54) is 54.6 Å². The van der Waals surface area contributed by atoms with Gasteiger partial charge in [0, 0.05) is 16.2 Å². The van der Waals surface area contributed by atoms with Crippen molar-refractivity contribution in [3.8, 4) is 0 Å². The van der Waals surface area contributed by atoms with Crippen LogP contribution in [0.3, 0.4) is 0 Å². The fourth-order valence-electron chi connectivity index (χ4n) is 4.74. The molecule has 0 unspecified atom stereocenters.